The lowest BCUT2D eigenvalue weighted by Crippen LogP contribution is -2.78. The number of aromatic nitrogens is 1. The third-order valence-corrected chi connectivity index (χ3v) is 4.76. The molecule has 0 radical (unpaired) electrons. The average molecular weight is 346 g/mol. The predicted octanol–water partition coefficient (Wildman–Crippen LogP) is -0.483. The molecule has 2 N–H and O–H groups in total. The molecule has 2 saturated heterocycles. The normalized spacial score (nSPS) is 23.1. The Labute approximate surface area is 145 Å². The van der Waals surface area contributed by atoms with Crippen molar-refractivity contribution in [2.24, 2.45) is 0 Å². The summed E-state index contributed by atoms with van der Waals surface area (Å²) in [6.07, 6.45) is 2.78. The van der Waals surface area contributed by atoms with Crippen molar-refractivity contribution in [1.82, 2.24) is 30.5 Å². The van der Waals surface area contributed by atoms with Gasteiger partial charge in [0.25, 0.3) is 0 Å². The zero-order chi connectivity index (χ0) is 18.2. The molecule has 2 aliphatic heterocycles. The summed E-state index contributed by atoms with van der Waals surface area (Å²) < 4.78 is 0. The first-order chi connectivity index (χ1) is 11.8. The van der Waals surface area contributed by atoms with Crippen molar-refractivity contribution in [2.75, 3.05) is 20.1 Å². The number of nitrogens with one attached hydrogen (secondary N) is 2. The highest BCUT2D eigenvalue weighted by Crippen LogP contribution is 2.29. The van der Waals surface area contributed by atoms with E-state index in [4.69, 9.17) is 0 Å². The molecule has 0 bridgehead atoms. The lowest BCUT2D eigenvalue weighted by atomic mass is 9.99. The van der Waals surface area contributed by atoms with Crippen LogP contribution in [0.3, 0.4) is 0 Å². The first-order valence-electron chi connectivity index (χ1n) is 8.10. The van der Waals surface area contributed by atoms with Crippen LogP contribution in [0.4, 0.5) is 4.79 Å². The van der Waals surface area contributed by atoms with Crippen molar-refractivity contribution >= 4 is 17.8 Å². The number of carbonyl (C=O) groups excluding carboxylic acids is 3. The number of amides is 4. The van der Waals surface area contributed by atoms with Crippen molar-refractivity contribution in [3.63, 3.8) is 0 Å². The molecule has 0 spiro atoms. The maximum atomic E-state index is 12.8. The van der Waals surface area contributed by atoms with E-state index in [0.29, 0.717) is 6.54 Å². The molecule has 0 saturated carbocycles. The zero-order valence-electron chi connectivity index (χ0n) is 14.5. The van der Waals surface area contributed by atoms with Gasteiger partial charge in [-0.05, 0) is 31.5 Å². The molecule has 134 valence electrons. The summed E-state index contributed by atoms with van der Waals surface area (Å²) in [6.45, 7) is 3.98. The molecule has 9 nitrogen and oxygen atoms in total. The van der Waals surface area contributed by atoms with E-state index in [1.807, 2.05) is 12.1 Å². The second-order valence-corrected chi connectivity index (χ2v) is 6.66. The minimum Gasteiger partial charge on any atom is -0.351 e. The Kier molecular flexibility index (Phi) is 4.34. The monoisotopic (exact) mass is 346 g/mol. The van der Waals surface area contributed by atoms with E-state index in [9.17, 15) is 14.4 Å². The molecule has 1 aromatic rings. The standard InChI is InChI=1S/C16H22N6O3/c1-16(2)14(24)21-10-12(23)18-9-13(21)22(20(16)3)15(25)19-8-11-4-6-17-7-5-11/h4-7,13H,8-10H2,1-3H3,(H,18,23)(H,19,25). The van der Waals surface area contributed by atoms with Crippen LogP contribution in [0.15, 0.2) is 24.5 Å². The van der Waals surface area contributed by atoms with Gasteiger partial charge in [0.1, 0.15) is 18.2 Å². The minimum atomic E-state index is -0.928. The molecule has 2 aliphatic rings. The van der Waals surface area contributed by atoms with E-state index in [1.165, 1.54) is 9.91 Å². The highest BCUT2D eigenvalue weighted by Gasteiger charge is 2.52. The minimum absolute atomic E-state index is 0.0467. The number of pyridine rings is 1. The van der Waals surface area contributed by atoms with Crippen LogP contribution in [0.1, 0.15) is 19.4 Å². The molecule has 1 unspecified atom stereocenters. The van der Waals surface area contributed by atoms with Crippen LogP contribution in [0.2, 0.25) is 0 Å². The van der Waals surface area contributed by atoms with Crippen molar-refractivity contribution in [3.05, 3.63) is 30.1 Å². The highest BCUT2D eigenvalue weighted by atomic mass is 16.2. The SMILES string of the molecule is CN1N(C(=O)NCc2ccncc2)C2CNC(=O)CN2C(=O)C1(C)C. The molecule has 0 aromatic carbocycles. The Morgan fingerprint density at radius 1 is 1.36 bits per heavy atom. The van der Waals surface area contributed by atoms with Gasteiger partial charge in [-0.2, -0.15) is 0 Å². The Morgan fingerprint density at radius 3 is 2.72 bits per heavy atom. The van der Waals surface area contributed by atoms with Crippen LogP contribution >= 0.6 is 0 Å². The number of piperazine rings is 1. The van der Waals surface area contributed by atoms with E-state index in [0.717, 1.165) is 5.56 Å². The van der Waals surface area contributed by atoms with Crippen LogP contribution in [0.25, 0.3) is 0 Å². The smallest absolute Gasteiger partial charge is 0.334 e. The fourth-order valence-electron chi connectivity index (χ4n) is 3.05. The molecule has 9 heteroatoms. The summed E-state index contributed by atoms with van der Waals surface area (Å²) in [5, 5.41) is 8.72. The van der Waals surface area contributed by atoms with E-state index in [2.05, 4.69) is 15.6 Å². The first-order valence-corrected chi connectivity index (χ1v) is 8.10. The fourth-order valence-corrected chi connectivity index (χ4v) is 3.05. The van der Waals surface area contributed by atoms with Gasteiger partial charge in [0.2, 0.25) is 11.8 Å². The predicted molar refractivity (Wildman–Crippen MR) is 88.7 cm³/mol. The van der Waals surface area contributed by atoms with E-state index < -0.39 is 11.7 Å². The summed E-state index contributed by atoms with van der Waals surface area (Å²) in [5.74, 6) is -0.393. The Balaban J connectivity index is 1.80. The van der Waals surface area contributed by atoms with Gasteiger partial charge < -0.3 is 15.5 Å². The van der Waals surface area contributed by atoms with Crippen molar-refractivity contribution in [1.29, 1.82) is 0 Å². The molecule has 0 aliphatic carbocycles. The van der Waals surface area contributed by atoms with Crippen LogP contribution in [0, 0.1) is 0 Å². The van der Waals surface area contributed by atoms with Gasteiger partial charge in [-0.1, -0.05) is 0 Å². The second kappa shape index (κ2) is 6.32. The van der Waals surface area contributed by atoms with Crippen LogP contribution in [0.5, 0.6) is 0 Å². The number of hydrogen-bond donors (Lipinski definition) is 2. The third kappa shape index (κ3) is 3.02. The van der Waals surface area contributed by atoms with Crippen molar-refractivity contribution < 1.29 is 14.4 Å². The van der Waals surface area contributed by atoms with E-state index >= 15 is 0 Å². The summed E-state index contributed by atoms with van der Waals surface area (Å²) in [6, 6.07) is 3.31. The maximum Gasteiger partial charge on any atom is 0.334 e. The van der Waals surface area contributed by atoms with Crippen molar-refractivity contribution in [3.8, 4) is 0 Å². The quantitative estimate of drug-likeness (QED) is 0.754. The van der Waals surface area contributed by atoms with Crippen molar-refractivity contribution in [2.45, 2.75) is 32.1 Å². The summed E-state index contributed by atoms with van der Waals surface area (Å²) in [5.41, 5.74) is -0.00516. The highest BCUT2D eigenvalue weighted by molar-refractivity contribution is 5.92. The molecule has 1 aromatic heterocycles. The largest absolute Gasteiger partial charge is 0.351 e. The molecular formula is C16H22N6O3. The number of urea groups is 1. The van der Waals surface area contributed by atoms with Gasteiger partial charge in [-0.3, -0.25) is 14.6 Å². The van der Waals surface area contributed by atoms with Crippen LogP contribution in [-0.2, 0) is 16.1 Å². The number of rotatable bonds is 2. The lowest BCUT2D eigenvalue weighted by Gasteiger charge is -2.55. The summed E-state index contributed by atoms with van der Waals surface area (Å²) >= 11 is 0. The van der Waals surface area contributed by atoms with Gasteiger partial charge in [0.15, 0.2) is 0 Å². The maximum absolute atomic E-state index is 12.8. The Hall–Kier alpha value is -2.68. The van der Waals surface area contributed by atoms with E-state index in [1.54, 1.807) is 38.3 Å². The molecule has 3 heterocycles. The van der Waals surface area contributed by atoms with Crippen LogP contribution in [-0.4, -0.2) is 69.6 Å². The molecular weight excluding hydrogens is 324 g/mol. The van der Waals surface area contributed by atoms with Gasteiger partial charge >= 0.3 is 6.03 Å². The average Bonchev–Trinajstić information content (AvgIpc) is 2.60. The number of fused-ring (bicyclic) bond motifs is 1. The second-order valence-electron chi connectivity index (χ2n) is 6.66. The number of hydrogen-bond acceptors (Lipinski definition) is 5. The van der Waals surface area contributed by atoms with Gasteiger partial charge in [0, 0.05) is 26.0 Å². The summed E-state index contributed by atoms with van der Waals surface area (Å²) in [4.78, 5) is 42.7. The van der Waals surface area contributed by atoms with Gasteiger partial charge in [-0.25, -0.2) is 14.8 Å². The number of carbonyl (C=O) groups is 3. The molecule has 1 atom stereocenters. The molecule has 25 heavy (non-hydrogen) atoms. The van der Waals surface area contributed by atoms with Gasteiger partial charge in [-0.15, -0.1) is 0 Å². The lowest BCUT2D eigenvalue weighted by molar-refractivity contribution is -0.194. The third-order valence-electron chi connectivity index (χ3n) is 4.76. The Morgan fingerprint density at radius 2 is 2.04 bits per heavy atom. The molecule has 2 fully saturated rings. The number of hydrazine groups is 1. The number of likely N-dealkylation sites (N-methyl/N-ethyl adjacent to an activating group) is 1. The fraction of sp³-hybridized carbons (Fsp3) is 0.500. The molecule has 3 rings (SSSR count). The zero-order valence-corrected chi connectivity index (χ0v) is 14.5. The van der Waals surface area contributed by atoms with Gasteiger partial charge in [0.05, 0.1) is 6.54 Å². The van der Waals surface area contributed by atoms with E-state index in [-0.39, 0.29) is 30.9 Å². The Bertz CT molecular complexity index is 692. The van der Waals surface area contributed by atoms with Crippen LogP contribution < -0.4 is 10.6 Å². The molecule has 4 amide bonds. The first kappa shape index (κ1) is 17.2. The number of nitrogens with zero attached hydrogens (tertiary/aromatic N) is 4. The summed E-state index contributed by atoms with van der Waals surface area (Å²) in [7, 11) is 1.71. The topological polar surface area (TPSA) is 97.9 Å².